The average Bonchev–Trinajstić information content (AvgIpc) is 2.54. The largest absolute Gasteiger partial charge is 0.493 e. The van der Waals surface area contributed by atoms with Gasteiger partial charge in [0.25, 0.3) is 0 Å². The second-order valence-electron chi connectivity index (χ2n) is 5.21. The predicted molar refractivity (Wildman–Crippen MR) is 86.9 cm³/mol. The third-order valence-corrected chi connectivity index (χ3v) is 3.91. The van der Waals surface area contributed by atoms with Crippen molar-refractivity contribution in [3.05, 3.63) is 28.8 Å². The standard InChI is InChI=1S/C17H19ClO5/c1-21-15-10-11(9-12(18)17(15)22-2)7-8-16(20)23-14-6-4-3-5-13(14)19/h7-10,14H,3-6H2,1-2H3/b8-7+/t14-/m0/s1. The van der Waals surface area contributed by atoms with Crippen LogP contribution < -0.4 is 9.47 Å². The third-order valence-electron chi connectivity index (χ3n) is 3.62. The van der Waals surface area contributed by atoms with Gasteiger partial charge in [0.2, 0.25) is 0 Å². The van der Waals surface area contributed by atoms with Crippen LogP contribution in [-0.2, 0) is 14.3 Å². The first kappa shape index (κ1) is 17.3. The lowest BCUT2D eigenvalue weighted by Gasteiger charge is -2.19. The molecule has 0 spiro atoms. The summed E-state index contributed by atoms with van der Waals surface area (Å²) in [6.45, 7) is 0. The molecule has 124 valence electrons. The van der Waals surface area contributed by atoms with Crippen LogP contribution in [0.5, 0.6) is 11.5 Å². The molecule has 1 aliphatic carbocycles. The zero-order valence-electron chi connectivity index (χ0n) is 13.1. The van der Waals surface area contributed by atoms with Crippen molar-refractivity contribution in [2.45, 2.75) is 31.8 Å². The van der Waals surface area contributed by atoms with E-state index in [0.29, 0.717) is 34.9 Å². The number of ether oxygens (including phenoxy) is 3. The van der Waals surface area contributed by atoms with Gasteiger partial charge in [-0.05, 0) is 43.0 Å². The Morgan fingerprint density at radius 2 is 2.04 bits per heavy atom. The Bertz CT molecular complexity index is 624. The third kappa shape index (κ3) is 4.48. The predicted octanol–water partition coefficient (Wildman–Crippen LogP) is 3.43. The molecule has 1 aliphatic rings. The average molecular weight is 339 g/mol. The van der Waals surface area contributed by atoms with Gasteiger partial charge in [-0.15, -0.1) is 0 Å². The van der Waals surface area contributed by atoms with E-state index in [1.807, 2.05) is 0 Å². The van der Waals surface area contributed by atoms with Gasteiger partial charge in [0.05, 0.1) is 19.2 Å². The summed E-state index contributed by atoms with van der Waals surface area (Å²) in [4.78, 5) is 23.5. The number of hydrogen-bond donors (Lipinski definition) is 0. The van der Waals surface area contributed by atoms with Gasteiger partial charge in [-0.3, -0.25) is 4.79 Å². The molecule has 1 aromatic carbocycles. The number of methoxy groups -OCH3 is 2. The summed E-state index contributed by atoms with van der Waals surface area (Å²) in [5.74, 6) is 0.348. The molecule has 0 bridgehead atoms. The number of esters is 1. The Balaban J connectivity index is 2.06. The molecule has 0 amide bonds. The summed E-state index contributed by atoms with van der Waals surface area (Å²) in [6, 6.07) is 3.35. The lowest BCUT2D eigenvalue weighted by molar-refractivity contribution is -0.152. The number of carbonyl (C=O) groups is 2. The second kappa shape index (κ2) is 8.02. The van der Waals surface area contributed by atoms with Crippen molar-refractivity contribution in [3.63, 3.8) is 0 Å². The summed E-state index contributed by atoms with van der Waals surface area (Å²) in [5.41, 5.74) is 0.666. The maximum Gasteiger partial charge on any atom is 0.331 e. The monoisotopic (exact) mass is 338 g/mol. The van der Waals surface area contributed by atoms with E-state index in [2.05, 4.69) is 0 Å². The number of halogens is 1. The first-order valence-corrected chi connectivity index (χ1v) is 7.76. The molecule has 1 atom stereocenters. The minimum Gasteiger partial charge on any atom is -0.493 e. The first-order valence-electron chi connectivity index (χ1n) is 7.38. The molecule has 1 saturated carbocycles. The number of rotatable bonds is 5. The zero-order chi connectivity index (χ0) is 16.8. The SMILES string of the molecule is COc1cc(/C=C/C(=O)O[C@H]2CCCCC2=O)cc(Cl)c1OC. The van der Waals surface area contributed by atoms with Crippen LogP contribution in [0.2, 0.25) is 5.02 Å². The van der Waals surface area contributed by atoms with E-state index in [0.717, 1.165) is 12.8 Å². The van der Waals surface area contributed by atoms with Crippen molar-refractivity contribution >= 4 is 29.4 Å². The molecule has 6 heteroatoms. The highest BCUT2D eigenvalue weighted by Crippen LogP contribution is 2.36. The minimum absolute atomic E-state index is 0.00726. The number of ketones is 1. The van der Waals surface area contributed by atoms with Gasteiger partial charge >= 0.3 is 5.97 Å². The lowest BCUT2D eigenvalue weighted by atomic mass is 9.96. The van der Waals surface area contributed by atoms with Gasteiger partial charge in [0, 0.05) is 12.5 Å². The Morgan fingerprint density at radius 1 is 1.26 bits per heavy atom. The molecule has 0 heterocycles. The molecule has 0 unspecified atom stereocenters. The van der Waals surface area contributed by atoms with E-state index in [1.165, 1.54) is 20.3 Å². The fourth-order valence-electron chi connectivity index (χ4n) is 2.45. The molecule has 0 radical (unpaired) electrons. The fourth-order valence-corrected chi connectivity index (χ4v) is 2.75. The summed E-state index contributed by atoms with van der Waals surface area (Å²) in [5, 5.41) is 0.377. The van der Waals surface area contributed by atoms with Crippen molar-refractivity contribution in [2.24, 2.45) is 0 Å². The molecule has 23 heavy (non-hydrogen) atoms. The number of hydrogen-bond acceptors (Lipinski definition) is 5. The van der Waals surface area contributed by atoms with E-state index in [4.69, 9.17) is 25.8 Å². The van der Waals surface area contributed by atoms with Gasteiger partial charge < -0.3 is 14.2 Å². The molecule has 5 nitrogen and oxygen atoms in total. The zero-order valence-corrected chi connectivity index (χ0v) is 13.9. The molecule has 0 saturated heterocycles. The quantitative estimate of drug-likeness (QED) is 0.608. The van der Waals surface area contributed by atoms with E-state index in [9.17, 15) is 9.59 Å². The Kier molecular flexibility index (Phi) is 6.04. The van der Waals surface area contributed by atoms with E-state index in [-0.39, 0.29) is 5.78 Å². The van der Waals surface area contributed by atoms with E-state index < -0.39 is 12.1 Å². The van der Waals surface area contributed by atoms with Gasteiger partial charge in [0.15, 0.2) is 23.4 Å². The molecule has 1 aromatic rings. The van der Waals surface area contributed by atoms with Crippen LogP contribution in [0.1, 0.15) is 31.2 Å². The molecule has 1 fully saturated rings. The summed E-state index contributed by atoms with van der Waals surface area (Å²) >= 11 is 6.10. The number of Topliss-reactive ketones (excluding diaryl/α,β-unsaturated/α-hetero) is 1. The first-order chi connectivity index (χ1) is 11.0. The van der Waals surface area contributed by atoms with Crippen LogP contribution in [0.3, 0.4) is 0 Å². The molecule has 0 N–H and O–H groups in total. The summed E-state index contributed by atoms with van der Waals surface area (Å²) < 4.78 is 15.5. The van der Waals surface area contributed by atoms with Crippen LogP contribution in [0, 0.1) is 0 Å². The molecule has 2 rings (SSSR count). The molecular formula is C17H19ClO5. The maximum atomic E-state index is 11.8. The van der Waals surface area contributed by atoms with Crippen LogP contribution in [0.25, 0.3) is 6.08 Å². The van der Waals surface area contributed by atoms with Crippen molar-refractivity contribution in [2.75, 3.05) is 14.2 Å². The lowest BCUT2D eigenvalue weighted by Crippen LogP contribution is -2.29. The summed E-state index contributed by atoms with van der Waals surface area (Å²) in [7, 11) is 3.00. The highest BCUT2D eigenvalue weighted by Gasteiger charge is 2.24. The summed E-state index contributed by atoms with van der Waals surface area (Å²) in [6.07, 6.45) is 5.07. The van der Waals surface area contributed by atoms with Gasteiger partial charge in [0.1, 0.15) is 0 Å². The van der Waals surface area contributed by atoms with Crippen molar-refractivity contribution < 1.29 is 23.8 Å². The second-order valence-corrected chi connectivity index (χ2v) is 5.62. The Morgan fingerprint density at radius 3 is 2.70 bits per heavy atom. The van der Waals surface area contributed by atoms with Crippen molar-refractivity contribution in [1.82, 2.24) is 0 Å². The van der Waals surface area contributed by atoms with Gasteiger partial charge in [-0.2, -0.15) is 0 Å². The highest BCUT2D eigenvalue weighted by molar-refractivity contribution is 6.32. The maximum absolute atomic E-state index is 11.8. The number of benzene rings is 1. The smallest absolute Gasteiger partial charge is 0.331 e. The van der Waals surface area contributed by atoms with Crippen LogP contribution >= 0.6 is 11.6 Å². The van der Waals surface area contributed by atoms with Crippen LogP contribution in [0.15, 0.2) is 18.2 Å². The number of carbonyl (C=O) groups excluding carboxylic acids is 2. The van der Waals surface area contributed by atoms with Gasteiger partial charge in [-0.25, -0.2) is 4.79 Å². The molecular weight excluding hydrogens is 320 g/mol. The van der Waals surface area contributed by atoms with Crippen LogP contribution in [-0.4, -0.2) is 32.1 Å². The van der Waals surface area contributed by atoms with Crippen molar-refractivity contribution in [1.29, 1.82) is 0 Å². The minimum atomic E-state index is -0.616. The Labute approximate surface area is 140 Å². The van der Waals surface area contributed by atoms with E-state index in [1.54, 1.807) is 18.2 Å². The highest BCUT2D eigenvalue weighted by atomic mass is 35.5. The fraction of sp³-hybridized carbons (Fsp3) is 0.412. The molecule has 0 aromatic heterocycles. The normalized spacial score (nSPS) is 18.0. The van der Waals surface area contributed by atoms with Crippen molar-refractivity contribution in [3.8, 4) is 11.5 Å². The van der Waals surface area contributed by atoms with Crippen LogP contribution in [0.4, 0.5) is 0 Å². The van der Waals surface area contributed by atoms with Gasteiger partial charge in [-0.1, -0.05) is 11.6 Å². The van der Waals surface area contributed by atoms with E-state index >= 15 is 0 Å². The topological polar surface area (TPSA) is 61.8 Å². The Hall–Kier alpha value is -2.01. The molecule has 0 aliphatic heterocycles.